The Hall–Kier alpha value is -3.32. The summed E-state index contributed by atoms with van der Waals surface area (Å²) in [6.07, 6.45) is 1.99. The molecule has 5 rings (SSSR count). The lowest BCUT2D eigenvalue weighted by Crippen LogP contribution is -2.64. The minimum Gasteiger partial charge on any atom is -0.497 e. The molecule has 1 N–H and O–H groups in total. The van der Waals surface area contributed by atoms with E-state index in [0.717, 1.165) is 41.7 Å². The molecule has 1 saturated heterocycles. The van der Waals surface area contributed by atoms with Crippen LogP contribution >= 0.6 is 0 Å². The molecular weight excluding hydrogens is 442 g/mol. The topological polar surface area (TPSA) is 72.8 Å². The summed E-state index contributed by atoms with van der Waals surface area (Å²) in [6.45, 7) is 5.97. The highest BCUT2D eigenvalue weighted by Gasteiger charge is 2.48. The molecule has 3 aromatic rings. The first-order valence-corrected chi connectivity index (χ1v) is 12.3. The molecule has 3 heterocycles. The lowest BCUT2D eigenvalue weighted by atomic mass is 9.91. The van der Waals surface area contributed by atoms with E-state index in [0.29, 0.717) is 25.3 Å². The smallest absolute Gasteiger partial charge is 0.271 e. The maximum atomic E-state index is 14.0. The fourth-order valence-corrected chi connectivity index (χ4v) is 5.31. The van der Waals surface area contributed by atoms with Gasteiger partial charge >= 0.3 is 0 Å². The van der Waals surface area contributed by atoms with Crippen LogP contribution in [0.4, 0.5) is 0 Å². The molecule has 3 atom stereocenters. The predicted molar refractivity (Wildman–Crippen MR) is 135 cm³/mol. The summed E-state index contributed by atoms with van der Waals surface area (Å²) in [5.74, 6) is 0.498. The average molecular weight is 476 g/mol. The lowest BCUT2D eigenvalue weighted by Gasteiger charge is -2.45. The molecule has 7 heteroatoms. The van der Waals surface area contributed by atoms with Gasteiger partial charge in [-0.05, 0) is 49.4 Å². The lowest BCUT2D eigenvalue weighted by molar-refractivity contribution is -0.133. The molecule has 7 nitrogen and oxygen atoms in total. The Morgan fingerprint density at radius 1 is 1.23 bits per heavy atom. The van der Waals surface area contributed by atoms with Crippen LogP contribution in [-0.2, 0) is 16.1 Å². The van der Waals surface area contributed by atoms with Crippen LogP contribution in [0.5, 0.6) is 5.75 Å². The normalized spacial score (nSPS) is 22.8. The van der Waals surface area contributed by atoms with Crippen molar-refractivity contribution in [3.8, 4) is 5.75 Å². The van der Waals surface area contributed by atoms with Gasteiger partial charge < -0.3 is 24.3 Å². The molecule has 0 unspecified atom stereocenters. The quantitative estimate of drug-likeness (QED) is 0.561. The molecule has 2 amide bonds. The number of methoxy groups -OCH3 is 1. The molecule has 2 aliphatic heterocycles. The third-order valence-corrected chi connectivity index (χ3v) is 7.47. The Kier molecular flexibility index (Phi) is 6.28. The Bertz CT molecular complexity index is 1230. The molecule has 0 bridgehead atoms. The fourth-order valence-electron chi connectivity index (χ4n) is 5.31. The van der Waals surface area contributed by atoms with Crippen molar-refractivity contribution in [2.45, 2.75) is 50.8 Å². The molecule has 2 aromatic carbocycles. The monoisotopic (exact) mass is 475 g/mol. The van der Waals surface area contributed by atoms with Gasteiger partial charge in [0.05, 0.1) is 25.3 Å². The zero-order valence-electron chi connectivity index (χ0n) is 20.6. The Morgan fingerprint density at radius 2 is 2.03 bits per heavy atom. The number of carbonyl (C=O) groups is 2. The van der Waals surface area contributed by atoms with E-state index in [2.05, 4.69) is 24.4 Å². The summed E-state index contributed by atoms with van der Waals surface area (Å²) in [5, 5.41) is 4.05. The number of rotatable bonds is 7. The Balaban J connectivity index is 1.51. The highest BCUT2D eigenvalue weighted by Crippen LogP contribution is 2.35. The van der Waals surface area contributed by atoms with E-state index < -0.39 is 5.54 Å². The number of hydrogen-bond donors (Lipinski definition) is 1. The van der Waals surface area contributed by atoms with E-state index in [4.69, 9.17) is 9.47 Å². The zero-order chi connectivity index (χ0) is 24.6. The minimum absolute atomic E-state index is 0.0331. The van der Waals surface area contributed by atoms with E-state index in [1.54, 1.807) is 12.0 Å². The molecule has 1 fully saturated rings. The van der Waals surface area contributed by atoms with Gasteiger partial charge in [-0.2, -0.15) is 0 Å². The highest BCUT2D eigenvalue weighted by atomic mass is 16.5. The number of hydrogen-bond acceptors (Lipinski definition) is 4. The van der Waals surface area contributed by atoms with E-state index >= 15 is 0 Å². The second-order valence-corrected chi connectivity index (χ2v) is 9.89. The molecule has 184 valence electrons. The number of aromatic nitrogens is 1. The Morgan fingerprint density at radius 3 is 2.74 bits per heavy atom. The van der Waals surface area contributed by atoms with E-state index in [1.807, 2.05) is 54.0 Å². The molecule has 0 aliphatic carbocycles. The fraction of sp³-hybridized carbons (Fsp3) is 0.429. The first kappa shape index (κ1) is 23.4. The SMILES string of the molecule is COc1ccc2cc3n(c2c1)C[C@](C)(C(=O)NC[C@@H]1CCCO1)N(C[C@@H](C)c1ccccc1)C3=O. The maximum absolute atomic E-state index is 14.0. The van der Waals surface area contributed by atoms with Crippen LogP contribution in [0.2, 0.25) is 0 Å². The van der Waals surface area contributed by atoms with Crippen LogP contribution in [0.25, 0.3) is 10.9 Å². The van der Waals surface area contributed by atoms with Crippen LogP contribution in [0.3, 0.4) is 0 Å². The zero-order valence-corrected chi connectivity index (χ0v) is 20.6. The minimum atomic E-state index is -1.05. The molecule has 0 radical (unpaired) electrons. The van der Waals surface area contributed by atoms with Gasteiger partial charge in [0.25, 0.3) is 5.91 Å². The first-order valence-electron chi connectivity index (χ1n) is 12.3. The number of fused-ring (bicyclic) bond motifs is 3. The van der Waals surface area contributed by atoms with Crippen LogP contribution in [-0.4, -0.2) is 59.7 Å². The van der Waals surface area contributed by atoms with Crippen LogP contribution in [0, 0.1) is 0 Å². The van der Waals surface area contributed by atoms with Gasteiger partial charge in [-0.15, -0.1) is 0 Å². The van der Waals surface area contributed by atoms with Crippen molar-refractivity contribution in [3.05, 3.63) is 65.9 Å². The number of nitrogens with zero attached hydrogens (tertiary/aromatic N) is 2. The van der Waals surface area contributed by atoms with Gasteiger partial charge in [0.1, 0.15) is 17.0 Å². The van der Waals surface area contributed by atoms with Crippen LogP contribution < -0.4 is 10.1 Å². The standard InChI is InChI=1S/C28H33N3O4/c1-19(20-8-5-4-6-9-20)17-31-26(32)25-14-21-11-12-22(34-3)15-24(21)30(25)18-28(31,2)27(33)29-16-23-10-7-13-35-23/h4-6,8-9,11-12,14-15,19,23H,7,10,13,16-18H2,1-3H3,(H,29,33)/t19-,23+,28-/m1/s1. The number of amides is 2. The number of ether oxygens (including phenoxy) is 2. The third-order valence-electron chi connectivity index (χ3n) is 7.47. The second kappa shape index (κ2) is 9.38. The van der Waals surface area contributed by atoms with Gasteiger partial charge in [0, 0.05) is 31.1 Å². The second-order valence-electron chi connectivity index (χ2n) is 9.89. The van der Waals surface area contributed by atoms with Crippen LogP contribution in [0.15, 0.2) is 54.6 Å². The summed E-state index contributed by atoms with van der Waals surface area (Å²) in [7, 11) is 1.63. The Labute approximate surface area is 206 Å². The van der Waals surface area contributed by atoms with Crippen molar-refractivity contribution in [1.82, 2.24) is 14.8 Å². The largest absolute Gasteiger partial charge is 0.497 e. The molecular formula is C28H33N3O4. The number of carbonyl (C=O) groups excluding carboxylic acids is 2. The van der Waals surface area contributed by atoms with Gasteiger partial charge in [-0.25, -0.2) is 0 Å². The highest BCUT2D eigenvalue weighted by molar-refractivity contribution is 6.03. The molecule has 0 spiro atoms. The molecule has 1 aromatic heterocycles. The summed E-state index contributed by atoms with van der Waals surface area (Å²) < 4.78 is 13.1. The van der Waals surface area contributed by atoms with Crippen molar-refractivity contribution in [2.75, 3.05) is 26.8 Å². The van der Waals surface area contributed by atoms with E-state index in [1.165, 1.54) is 0 Å². The van der Waals surface area contributed by atoms with Crippen molar-refractivity contribution in [1.29, 1.82) is 0 Å². The van der Waals surface area contributed by atoms with Gasteiger partial charge in [-0.3, -0.25) is 9.59 Å². The number of nitrogens with one attached hydrogen (secondary N) is 1. The number of benzene rings is 2. The molecule has 2 aliphatic rings. The summed E-state index contributed by atoms with van der Waals surface area (Å²) in [5.41, 5.74) is 1.57. The van der Waals surface area contributed by atoms with Gasteiger partial charge in [0.15, 0.2) is 0 Å². The maximum Gasteiger partial charge on any atom is 0.271 e. The summed E-state index contributed by atoms with van der Waals surface area (Å²) in [6, 6.07) is 17.8. The van der Waals surface area contributed by atoms with Gasteiger partial charge in [0.2, 0.25) is 5.91 Å². The van der Waals surface area contributed by atoms with Crippen molar-refractivity contribution in [2.24, 2.45) is 0 Å². The van der Waals surface area contributed by atoms with Crippen LogP contribution in [0.1, 0.15) is 48.7 Å². The van der Waals surface area contributed by atoms with Crippen molar-refractivity contribution in [3.63, 3.8) is 0 Å². The van der Waals surface area contributed by atoms with Gasteiger partial charge in [-0.1, -0.05) is 37.3 Å². The van der Waals surface area contributed by atoms with E-state index in [-0.39, 0.29) is 23.8 Å². The summed E-state index contributed by atoms with van der Waals surface area (Å²) in [4.78, 5) is 29.5. The molecule has 35 heavy (non-hydrogen) atoms. The molecule has 0 saturated carbocycles. The summed E-state index contributed by atoms with van der Waals surface area (Å²) >= 11 is 0. The van der Waals surface area contributed by atoms with Crippen molar-refractivity contribution >= 4 is 22.7 Å². The third kappa shape index (κ3) is 4.29. The predicted octanol–water partition coefficient (Wildman–Crippen LogP) is 3.96. The van der Waals surface area contributed by atoms with Crippen molar-refractivity contribution < 1.29 is 19.1 Å². The van der Waals surface area contributed by atoms with E-state index in [9.17, 15) is 9.59 Å². The average Bonchev–Trinajstić information content (AvgIpc) is 3.53. The first-order chi connectivity index (χ1) is 16.9.